The third kappa shape index (κ3) is 16.3. The van der Waals surface area contributed by atoms with Gasteiger partial charge in [0.1, 0.15) is 30.8 Å². The standard InChI is InChI=1S/C63H81F2N8O12PS2/c1-37(39-20-22-41(23-21-39)53-38(2)67-36-87-53)68-56(77)47-30-45(74)33-72(47)59(80)54(61(3,4)5)69-51(75)19-13-10-14-26-66-52(76)35-85-46-31-48(58(79)71-27-15-18-42(32-71)40-16-11-9-12-17-40)73(34-46)60(81)55(62(6,7)8)70-57(78)50-29-43-28-44(24-25-49(43)88-50)63(64,65)86(82,83)84/h9,11-12,16-17,20-25,28-29,36-37,42,45-48,54-55,74H,10,13-15,18-19,26-27,30-35H2,1-8H3,(H,66,76)(H,68,77)(H,69,75)(H,70,78)(H2,82,83,84)/t37-,42?,45+,46-,47-,48-,54?,55?/m0/s1. The SMILES string of the molecule is Cc1ncsc1-c1ccc([C@H](C)NC(=O)[C@@H]2C[C@@H](O)CN2C(=O)C(NC(=O)CCCCCNC(=O)CO[C@H]2C[C@@H](C(=O)N3CCCC(c4ccccc4)C3)N(C(=O)C(NC(=O)c3cc4cc(C(F)(F)P(=O)(O)O)ccc4s3)C(C)(C)C)C2)C(C)(C)C)cc1. The molecule has 5 heterocycles. The Hall–Kier alpha value is -6.53. The normalized spacial score (nSPS) is 20.3. The van der Waals surface area contributed by atoms with Crippen molar-refractivity contribution in [1.29, 1.82) is 0 Å². The molecule has 0 saturated carbocycles. The molecular formula is C63H81F2N8O12PS2. The van der Waals surface area contributed by atoms with Crippen molar-refractivity contribution in [3.05, 3.63) is 112 Å². The van der Waals surface area contributed by atoms with E-state index in [2.05, 4.69) is 26.3 Å². The molecule has 0 aliphatic carbocycles. The molecule has 0 bridgehead atoms. The molecule has 8 atom stereocenters. The molecule has 3 aliphatic heterocycles. The average Bonchev–Trinajstić information content (AvgIpc) is 4.15. The number of β-amino-alcohol motifs (C(OH)–C–C–N with tert-alkyl or cyclic N) is 1. The van der Waals surface area contributed by atoms with Gasteiger partial charge in [-0.1, -0.05) is 109 Å². The van der Waals surface area contributed by atoms with Crippen LogP contribution in [0.4, 0.5) is 8.78 Å². The van der Waals surface area contributed by atoms with Crippen LogP contribution >= 0.6 is 30.3 Å². The molecule has 0 radical (unpaired) electrons. The average molecular weight is 1280 g/mol. The van der Waals surface area contributed by atoms with Crippen molar-refractivity contribution in [2.45, 2.75) is 161 Å². The molecule has 3 aromatic carbocycles. The van der Waals surface area contributed by atoms with Gasteiger partial charge in [0.25, 0.3) is 5.91 Å². The molecule has 7 amide bonds. The summed E-state index contributed by atoms with van der Waals surface area (Å²) in [6.07, 6.45) is 1.61. The number of hydrogen-bond donors (Lipinski definition) is 7. The summed E-state index contributed by atoms with van der Waals surface area (Å²) >= 11 is 2.49. The lowest BCUT2D eigenvalue weighted by atomic mass is 9.85. The highest BCUT2D eigenvalue weighted by Crippen LogP contribution is 2.59. The van der Waals surface area contributed by atoms with Crippen molar-refractivity contribution in [3.8, 4) is 10.4 Å². The van der Waals surface area contributed by atoms with Gasteiger partial charge in [0.2, 0.25) is 35.4 Å². The summed E-state index contributed by atoms with van der Waals surface area (Å²) in [6, 6.07) is 17.5. The number of alkyl halides is 2. The van der Waals surface area contributed by atoms with Crippen molar-refractivity contribution in [1.82, 2.24) is 41.0 Å². The smallest absolute Gasteiger partial charge is 0.391 e. The number of benzene rings is 3. The Morgan fingerprint density at radius 3 is 2.11 bits per heavy atom. The number of nitrogens with zero attached hydrogens (tertiary/aromatic N) is 4. The van der Waals surface area contributed by atoms with Crippen LogP contribution < -0.4 is 21.3 Å². The fourth-order valence-corrected chi connectivity index (χ4v) is 13.9. The lowest BCUT2D eigenvalue weighted by Crippen LogP contribution is -2.58. The number of aliphatic hydroxyl groups excluding tert-OH is 1. The summed E-state index contributed by atoms with van der Waals surface area (Å²) in [5.41, 5.74) is -1.37. The van der Waals surface area contributed by atoms with Crippen LogP contribution in [0.15, 0.2) is 84.4 Å². The van der Waals surface area contributed by atoms with Crippen molar-refractivity contribution in [2.75, 3.05) is 39.3 Å². The zero-order valence-electron chi connectivity index (χ0n) is 50.9. The van der Waals surface area contributed by atoms with Crippen molar-refractivity contribution in [3.63, 3.8) is 0 Å². The monoisotopic (exact) mass is 1270 g/mol. The summed E-state index contributed by atoms with van der Waals surface area (Å²) < 4.78 is 47.4. The molecule has 7 N–H and O–H groups in total. The largest absolute Gasteiger partial charge is 0.399 e. The third-order valence-electron chi connectivity index (χ3n) is 16.6. The molecule has 20 nitrogen and oxygen atoms in total. The first-order valence-electron chi connectivity index (χ1n) is 29.8. The van der Waals surface area contributed by atoms with Crippen LogP contribution in [0.2, 0.25) is 0 Å². The van der Waals surface area contributed by atoms with Gasteiger partial charge in [0.15, 0.2) is 0 Å². The Labute approximate surface area is 519 Å². The fraction of sp³-hybridized carbons (Fsp3) is 0.524. The Morgan fingerprint density at radius 2 is 1.47 bits per heavy atom. The van der Waals surface area contributed by atoms with Gasteiger partial charge in [0.05, 0.1) is 39.2 Å². The second-order valence-electron chi connectivity index (χ2n) is 25.5. The zero-order chi connectivity index (χ0) is 64.0. The molecule has 8 rings (SSSR count). The maximum atomic E-state index is 14.9. The summed E-state index contributed by atoms with van der Waals surface area (Å²) in [7, 11) is -5.87. The van der Waals surface area contributed by atoms with E-state index in [1.54, 1.807) is 42.5 Å². The number of halogens is 2. The van der Waals surface area contributed by atoms with Crippen LogP contribution in [0.5, 0.6) is 0 Å². The molecule has 5 aromatic rings. The number of aryl methyl sites for hydroxylation is 1. The van der Waals surface area contributed by atoms with Gasteiger partial charge >= 0.3 is 13.3 Å². The van der Waals surface area contributed by atoms with E-state index in [9.17, 15) is 61.8 Å². The van der Waals surface area contributed by atoms with Gasteiger partial charge in [-0.15, -0.1) is 22.7 Å². The van der Waals surface area contributed by atoms with Gasteiger partial charge in [-0.25, -0.2) is 4.98 Å². The third-order valence-corrected chi connectivity index (χ3v) is 19.7. The van der Waals surface area contributed by atoms with Gasteiger partial charge in [-0.05, 0) is 90.6 Å². The number of likely N-dealkylation sites (tertiary alicyclic amines) is 3. The van der Waals surface area contributed by atoms with E-state index in [0.29, 0.717) is 37.1 Å². The van der Waals surface area contributed by atoms with Gasteiger partial charge in [-0.2, -0.15) is 8.78 Å². The number of ether oxygens (including phenoxy) is 1. The number of rotatable bonds is 22. The lowest BCUT2D eigenvalue weighted by molar-refractivity contribution is -0.147. The number of hydrogen-bond acceptors (Lipinski definition) is 13. The van der Waals surface area contributed by atoms with E-state index in [4.69, 9.17) is 4.74 Å². The Bertz CT molecular complexity index is 3380. The number of aliphatic hydroxyl groups is 1. The maximum Gasteiger partial charge on any atom is 0.399 e. The summed E-state index contributed by atoms with van der Waals surface area (Å²) in [5, 5.41) is 22.4. The Balaban J connectivity index is 0.835. The van der Waals surface area contributed by atoms with Crippen LogP contribution in [0.1, 0.15) is 144 Å². The van der Waals surface area contributed by atoms with Crippen LogP contribution in [0.3, 0.4) is 0 Å². The molecule has 25 heteroatoms. The van der Waals surface area contributed by atoms with E-state index in [1.165, 1.54) is 21.9 Å². The van der Waals surface area contributed by atoms with Crippen molar-refractivity contribution >= 4 is 81.7 Å². The first-order chi connectivity index (χ1) is 41.4. The van der Waals surface area contributed by atoms with Crippen LogP contribution in [0, 0.1) is 17.8 Å². The molecule has 0 spiro atoms. The molecule has 3 unspecified atom stereocenters. The topological polar surface area (TPSA) is 277 Å². The number of thiophene rings is 1. The fourth-order valence-electron chi connectivity index (χ4n) is 11.6. The van der Waals surface area contributed by atoms with Gasteiger partial charge in [0, 0.05) is 68.2 Å². The van der Waals surface area contributed by atoms with Gasteiger partial charge in [-0.3, -0.25) is 38.1 Å². The van der Waals surface area contributed by atoms with Crippen LogP contribution in [-0.4, -0.2) is 152 Å². The quantitative estimate of drug-likeness (QED) is 0.0255. The molecule has 476 valence electrons. The van der Waals surface area contributed by atoms with E-state index >= 15 is 0 Å². The number of nitrogens with one attached hydrogen (secondary N) is 4. The number of aromatic nitrogens is 1. The Morgan fingerprint density at radius 1 is 0.795 bits per heavy atom. The number of carbonyl (C=O) groups excluding carboxylic acids is 7. The van der Waals surface area contributed by atoms with E-state index in [-0.39, 0.29) is 73.5 Å². The number of thiazole rings is 1. The number of unbranched alkanes of at least 4 members (excludes halogenated alkanes) is 2. The number of fused-ring (bicyclic) bond motifs is 1. The minimum absolute atomic E-state index is 0.0459. The van der Waals surface area contributed by atoms with Gasteiger partial charge < -0.3 is 55.6 Å². The first-order valence-corrected chi connectivity index (χ1v) is 33.1. The predicted molar refractivity (Wildman–Crippen MR) is 331 cm³/mol. The molecule has 3 aliphatic rings. The Kier molecular flexibility index (Phi) is 21.5. The van der Waals surface area contributed by atoms with E-state index < -0.39 is 102 Å². The highest BCUT2D eigenvalue weighted by Gasteiger charge is 2.51. The minimum atomic E-state index is -5.87. The van der Waals surface area contributed by atoms with E-state index in [0.717, 1.165) is 63.6 Å². The maximum absolute atomic E-state index is 14.9. The molecule has 3 fully saturated rings. The van der Waals surface area contributed by atoms with Crippen LogP contribution in [-0.2, 0) is 43.7 Å². The van der Waals surface area contributed by atoms with Crippen molar-refractivity contribution in [2.24, 2.45) is 10.8 Å². The lowest BCUT2D eigenvalue weighted by Gasteiger charge is -2.38. The molecule has 2 aromatic heterocycles. The highest BCUT2D eigenvalue weighted by molar-refractivity contribution is 7.52. The van der Waals surface area contributed by atoms with E-state index in [1.807, 2.05) is 89.2 Å². The number of piperidine rings is 1. The molecule has 3 saturated heterocycles. The molecular weight excluding hydrogens is 1190 g/mol. The number of carbonyl (C=O) groups is 7. The second kappa shape index (κ2) is 28.1. The first kappa shape index (κ1) is 67.4. The second-order valence-corrected chi connectivity index (χ2v) is 29.1. The summed E-state index contributed by atoms with van der Waals surface area (Å²) in [5.74, 6) is -3.19. The highest BCUT2D eigenvalue weighted by atomic mass is 32.1. The predicted octanol–water partition coefficient (Wildman–Crippen LogP) is 8.14. The number of amides is 7. The minimum Gasteiger partial charge on any atom is -0.391 e. The summed E-state index contributed by atoms with van der Waals surface area (Å²) in [4.78, 5) is 127. The van der Waals surface area contributed by atoms with Crippen molar-refractivity contribution < 1.29 is 66.5 Å². The zero-order valence-corrected chi connectivity index (χ0v) is 53.5. The summed E-state index contributed by atoms with van der Waals surface area (Å²) in [6.45, 7) is 15.1. The van der Waals surface area contributed by atoms with Crippen LogP contribution in [0.25, 0.3) is 20.5 Å². The molecule has 88 heavy (non-hydrogen) atoms.